The smallest absolute Gasteiger partial charge is 0.229 e. The van der Waals surface area contributed by atoms with Gasteiger partial charge in [0.15, 0.2) is 11.6 Å². The standard InChI is InChI=1S/C26H23F2N5O3/c1-35-25-19(12-30-13-21(25)28)23(26(29)34)15-2-5-20(27)18(10-15)24-17-4-3-16(11-22(17)31-14-32-24)33-6-8-36-9-7-33/h2-5,10-14,23H,6-9H2,1H3,(H2,29,34). The van der Waals surface area contributed by atoms with E-state index in [1.165, 1.54) is 37.8 Å². The van der Waals surface area contributed by atoms with Crippen molar-refractivity contribution in [3.8, 4) is 17.0 Å². The predicted molar refractivity (Wildman–Crippen MR) is 130 cm³/mol. The Kier molecular flexibility index (Phi) is 6.43. The first-order valence-electron chi connectivity index (χ1n) is 11.3. The third kappa shape index (κ3) is 4.31. The van der Waals surface area contributed by atoms with Gasteiger partial charge in [-0.1, -0.05) is 6.07 Å². The van der Waals surface area contributed by atoms with Gasteiger partial charge in [-0.25, -0.2) is 18.7 Å². The van der Waals surface area contributed by atoms with E-state index in [0.29, 0.717) is 35.4 Å². The minimum absolute atomic E-state index is 0.144. The Bertz CT molecular complexity index is 1440. The largest absolute Gasteiger partial charge is 0.493 e. The number of methoxy groups -OCH3 is 1. The number of pyridine rings is 1. The van der Waals surface area contributed by atoms with Gasteiger partial charge in [-0.2, -0.15) is 0 Å². The van der Waals surface area contributed by atoms with Crippen LogP contribution in [-0.2, 0) is 9.53 Å². The van der Waals surface area contributed by atoms with Crippen molar-refractivity contribution >= 4 is 22.5 Å². The number of fused-ring (bicyclic) bond motifs is 1. The third-order valence-electron chi connectivity index (χ3n) is 6.26. The summed E-state index contributed by atoms with van der Waals surface area (Å²) in [5, 5.41) is 0.645. The summed E-state index contributed by atoms with van der Waals surface area (Å²) in [6, 6.07) is 9.88. The third-order valence-corrected chi connectivity index (χ3v) is 6.26. The van der Waals surface area contributed by atoms with Crippen LogP contribution in [-0.4, -0.2) is 54.3 Å². The Hall–Kier alpha value is -4.18. The summed E-state index contributed by atoms with van der Waals surface area (Å²) in [7, 11) is 1.29. The number of nitrogens with zero attached hydrogens (tertiary/aromatic N) is 4. The molecule has 1 amide bonds. The number of primary amides is 1. The molecule has 3 heterocycles. The second-order valence-corrected chi connectivity index (χ2v) is 8.34. The Balaban J connectivity index is 1.61. The molecule has 2 N–H and O–H groups in total. The second kappa shape index (κ2) is 9.82. The van der Waals surface area contributed by atoms with Gasteiger partial charge in [-0.05, 0) is 35.9 Å². The molecule has 1 saturated heterocycles. The number of rotatable bonds is 6. The highest BCUT2D eigenvalue weighted by atomic mass is 19.1. The normalized spacial score (nSPS) is 14.6. The van der Waals surface area contributed by atoms with Crippen LogP contribution in [0, 0.1) is 11.6 Å². The fourth-order valence-corrected chi connectivity index (χ4v) is 4.54. The summed E-state index contributed by atoms with van der Waals surface area (Å²) in [4.78, 5) is 27.3. The Morgan fingerprint density at radius 1 is 1.08 bits per heavy atom. The molecule has 1 aliphatic rings. The highest BCUT2D eigenvalue weighted by Crippen LogP contribution is 2.36. The van der Waals surface area contributed by atoms with Gasteiger partial charge in [-0.3, -0.25) is 9.78 Å². The zero-order valence-electron chi connectivity index (χ0n) is 19.4. The van der Waals surface area contributed by atoms with Gasteiger partial charge in [0.2, 0.25) is 5.91 Å². The van der Waals surface area contributed by atoms with Crippen molar-refractivity contribution in [2.24, 2.45) is 5.73 Å². The Morgan fingerprint density at radius 3 is 2.64 bits per heavy atom. The average molecular weight is 491 g/mol. The molecule has 2 aromatic heterocycles. The maximum absolute atomic E-state index is 15.1. The highest BCUT2D eigenvalue weighted by Gasteiger charge is 2.27. The molecule has 1 unspecified atom stereocenters. The number of morpholine rings is 1. The van der Waals surface area contributed by atoms with Crippen molar-refractivity contribution in [3.63, 3.8) is 0 Å². The SMILES string of the molecule is COc1c(F)cncc1C(C(N)=O)c1ccc(F)c(-c2ncnc3cc(N4CCOCC4)ccc23)c1. The van der Waals surface area contributed by atoms with Crippen molar-refractivity contribution in [1.82, 2.24) is 15.0 Å². The number of hydrogen-bond acceptors (Lipinski definition) is 7. The van der Waals surface area contributed by atoms with Gasteiger partial charge in [0.25, 0.3) is 0 Å². The monoisotopic (exact) mass is 491 g/mol. The molecule has 8 nitrogen and oxygen atoms in total. The number of hydrogen-bond donors (Lipinski definition) is 1. The summed E-state index contributed by atoms with van der Waals surface area (Å²) < 4.78 is 40.0. The van der Waals surface area contributed by atoms with Crippen LogP contribution >= 0.6 is 0 Å². The van der Waals surface area contributed by atoms with Crippen LogP contribution in [0.1, 0.15) is 17.0 Å². The number of benzene rings is 2. The van der Waals surface area contributed by atoms with Gasteiger partial charge >= 0.3 is 0 Å². The number of halogens is 2. The van der Waals surface area contributed by atoms with Crippen LogP contribution in [0.15, 0.2) is 55.1 Å². The molecule has 36 heavy (non-hydrogen) atoms. The van der Waals surface area contributed by atoms with E-state index in [2.05, 4.69) is 19.9 Å². The lowest BCUT2D eigenvalue weighted by Crippen LogP contribution is -2.36. The molecule has 2 aromatic carbocycles. The lowest BCUT2D eigenvalue weighted by Gasteiger charge is -2.29. The van der Waals surface area contributed by atoms with Gasteiger partial charge in [0.1, 0.15) is 12.1 Å². The summed E-state index contributed by atoms with van der Waals surface area (Å²) in [6.45, 7) is 2.84. The molecule has 0 aliphatic carbocycles. The molecule has 4 aromatic rings. The van der Waals surface area contributed by atoms with Crippen LogP contribution in [0.5, 0.6) is 5.75 Å². The Morgan fingerprint density at radius 2 is 1.89 bits per heavy atom. The number of ether oxygens (including phenoxy) is 2. The molecular weight excluding hydrogens is 468 g/mol. The first kappa shape index (κ1) is 23.6. The molecule has 5 rings (SSSR count). The van der Waals surface area contributed by atoms with Crippen molar-refractivity contribution in [2.75, 3.05) is 38.3 Å². The fourth-order valence-electron chi connectivity index (χ4n) is 4.54. The first-order valence-corrected chi connectivity index (χ1v) is 11.3. The molecule has 0 spiro atoms. The maximum Gasteiger partial charge on any atom is 0.229 e. The number of carbonyl (C=O) groups is 1. The van der Waals surface area contributed by atoms with Gasteiger partial charge in [0.05, 0.1) is 43.6 Å². The molecule has 0 bridgehead atoms. The van der Waals surface area contributed by atoms with Crippen molar-refractivity contribution in [2.45, 2.75) is 5.92 Å². The Labute approximate surface area is 205 Å². The lowest BCUT2D eigenvalue weighted by molar-refractivity contribution is -0.118. The van der Waals surface area contributed by atoms with Crippen LogP contribution in [0.2, 0.25) is 0 Å². The molecule has 184 valence electrons. The van der Waals surface area contributed by atoms with Crippen LogP contribution in [0.4, 0.5) is 14.5 Å². The molecule has 0 radical (unpaired) electrons. The van der Waals surface area contributed by atoms with E-state index in [4.69, 9.17) is 15.2 Å². The average Bonchev–Trinajstić information content (AvgIpc) is 2.89. The summed E-state index contributed by atoms with van der Waals surface area (Å²) in [6.07, 6.45) is 3.67. The van der Waals surface area contributed by atoms with E-state index in [-0.39, 0.29) is 16.9 Å². The van der Waals surface area contributed by atoms with E-state index < -0.39 is 23.5 Å². The number of nitrogens with two attached hydrogens (primary N) is 1. The molecule has 10 heteroatoms. The lowest BCUT2D eigenvalue weighted by atomic mass is 9.89. The summed E-state index contributed by atoms with van der Waals surface area (Å²) >= 11 is 0. The molecular formula is C26H23F2N5O3. The van der Waals surface area contributed by atoms with Crippen molar-refractivity contribution in [3.05, 3.63) is 77.9 Å². The van der Waals surface area contributed by atoms with E-state index in [0.717, 1.165) is 25.0 Å². The fraction of sp³-hybridized carbons (Fsp3) is 0.231. The van der Waals surface area contributed by atoms with Gasteiger partial charge < -0.3 is 20.1 Å². The number of carbonyl (C=O) groups excluding carboxylic acids is 1. The number of anilines is 1. The van der Waals surface area contributed by atoms with Gasteiger partial charge in [0, 0.05) is 41.5 Å². The number of amides is 1. The first-order chi connectivity index (χ1) is 17.5. The van der Waals surface area contributed by atoms with Crippen LogP contribution in [0.3, 0.4) is 0 Å². The number of aromatic nitrogens is 3. The second-order valence-electron chi connectivity index (χ2n) is 8.34. The van der Waals surface area contributed by atoms with Gasteiger partial charge in [-0.15, -0.1) is 0 Å². The molecule has 1 atom stereocenters. The van der Waals surface area contributed by atoms with E-state index in [9.17, 15) is 9.18 Å². The summed E-state index contributed by atoms with van der Waals surface area (Å²) in [5.41, 5.74) is 8.36. The minimum Gasteiger partial charge on any atom is -0.493 e. The quantitative estimate of drug-likeness (QED) is 0.441. The van der Waals surface area contributed by atoms with Crippen molar-refractivity contribution < 1.29 is 23.0 Å². The zero-order chi connectivity index (χ0) is 25.2. The zero-order valence-corrected chi connectivity index (χ0v) is 19.4. The highest BCUT2D eigenvalue weighted by molar-refractivity contribution is 5.94. The topological polar surface area (TPSA) is 103 Å². The molecule has 1 aliphatic heterocycles. The minimum atomic E-state index is -1.12. The van der Waals surface area contributed by atoms with E-state index in [1.54, 1.807) is 0 Å². The van der Waals surface area contributed by atoms with E-state index >= 15 is 4.39 Å². The van der Waals surface area contributed by atoms with Crippen LogP contribution < -0.4 is 15.4 Å². The maximum atomic E-state index is 15.1. The summed E-state index contributed by atoms with van der Waals surface area (Å²) in [5.74, 6) is -3.31. The molecule has 1 fully saturated rings. The predicted octanol–water partition coefficient (Wildman–Crippen LogP) is 3.43. The molecule has 0 saturated carbocycles. The van der Waals surface area contributed by atoms with E-state index in [1.807, 2.05) is 18.2 Å². The van der Waals surface area contributed by atoms with Crippen LogP contribution in [0.25, 0.3) is 22.2 Å². The van der Waals surface area contributed by atoms with Crippen molar-refractivity contribution in [1.29, 1.82) is 0 Å².